The summed E-state index contributed by atoms with van der Waals surface area (Å²) in [6.45, 7) is 10.1. The van der Waals surface area contributed by atoms with Gasteiger partial charge in [0.15, 0.2) is 23.1 Å². The third kappa shape index (κ3) is 13.1. The third-order valence-corrected chi connectivity index (χ3v) is 9.78. The van der Waals surface area contributed by atoms with Gasteiger partial charge in [-0.15, -0.1) is 5.10 Å². The Morgan fingerprint density at radius 2 is 1.26 bits per heavy atom. The number of hydrogen-bond donors (Lipinski definition) is 6. The summed E-state index contributed by atoms with van der Waals surface area (Å²) in [5.41, 5.74) is 32.6. The second-order valence-corrected chi connectivity index (χ2v) is 16.4. The second kappa shape index (κ2) is 21.6. The molecule has 23 heteroatoms. The zero-order valence-electron chi connectivity index (χ0n) is 34.8. The molecule has 0 spiro atoms. The minimum absolute atomic E-state index is 0.0898. The molecule has 3 aromatic carbocycles. The van der Waals surface area contributed by atoms with Crippen molar-refractivity contribution in [3.63, 3.8) is 0 Å². The fourth-order valence-corrected chi connectivity index (χ4v) is 6.12. The molecule has 0 bridgehead atoms. The van der Waals surface area contributed by atoms with Crippen LogP contribution in [0.4, 0.5) is 29.2 Å². The number of hydrogen-bond acceptors (Lipinski definition) is 18. The van der Waals surface area contributed by atoms with Crippen LogP contribution in [0.5, 0.6) is 34.5 Å². The zero-order chi connectivity index (χ0) is 45.7. The third-order valence-electron chi connectivity index (χ3n) is 8.32. The van der Waals surface area contributed by atoms with Gasteiger partial charge in [0.2, 0.25) is 11.9 Å². The van der Waals surface area contributed by atoms with E-state index in [0.717, 1.165) is 22.9 Å². The average molecular weight is 912 g/mol. The molecule has 0 aliphatic carbocycles. The molecule has 11 N–H and O–H groups in total. The Kier molecular flexibility index (Phi) is 16.7. The van der Waals surface area contributed by atoms with Crippen molar-refractivity contribution < 1.29 is 27.4 Å². The van der Waals surface area contributed by atoms with Crippen LogP contribution in [0.25, 0.3) is 5.69 Å². The van der Waals surface area contributed by atoms with Crippen molar-refractivity contribution in [2.24, 2.45) is 5.10 Å². The summed E-state index contributed by atoms with van der Waals surface area (Å²) >= 11 is 10.7. The zero-order valence-corrected chi connectivity index (χ0v) is 37.1. The normalized spacial score (nSPS) is 11.2. The molecule has 62 heavy (non-hydrogen) atoms. The molecule has 0 aliphatic rings. The van der Waals surface area contributed by atoms with Gasteiger partial charge in [0.25, 0.3) is 10.0 Å². The summed E-state index contributed by atoms with van der Waals surface area (Å²) in [6.07, 6.45) is 7.26. The second-order valence-electron chi connectivity index (χ2n) is 13.5. The molecule has 3 heterocycles. The first-order valence-corrected chi connectivity index (χ1v) is 20.8. The topological polar surface area (TPSA) is 308 Å². The van der Waals surface area contributed by atoms with Crippen LogP contribution in [0.15, 0.2) is 83.3 Å². The number of hydrazone groups is 1. The van der Waals surface area contributed by atoms with Crippen LogP contribution in [0.3, 0.4) is 0 Å². The Labute approximate surface area is 368 Å². The predicted octanol–water partition coefficient (Wildman–Crippen LogP) is 6.36. The summed E-state index contributed by atoms with van der Waals surface area (Å²) in [7, 11) is -0.463. The maximum Gasteiger partial charge on any atom is 0.276 e. The number of alkyl halides is 2. The maximum absolute atomic E-state index is 11.6. The van der Waals surface area contributed by atoms with Gasteiger partial charge in [-0.25, -0.2) is 19.5 Å². The van der Waals surface area contributed by atoms with Gasteiger partial charge in [-0.2, -0.15) is 23.5 Å². The standard InChI is InChI=1S/C16H19N7O2.C14H19N5O2.C9H10Cl2N2O2S/c1-9(2)10-6-13(24-3)11(23-5-4-20-22-23)7-12(10)25-14-8-19-16(18)21-15(14)17;1-7(2)8-4-11(20-3)9(15)5-10(8)21-12-6-18-14(17)19-13(12)16;1-7-2-4-8(5-3-7)16(14,15)13-12-6-9(10)11/h4-9H,1-3H3,(H4,17,18,19,21);4-7H,15H2,1-3H3,(H4,16,17,18,19);2-6,9,13H,1H3/b;;12-6+. The van der Waals surface area contributed by atoms with Crippen molar-refractivity contribution in [2.75, 3.05) is 42.9 Å². The Morgan fingerprint density at radius 1 is 0.742 bits per heavy atom. The summed E-state index contributed by atoms with van der Waals surface area (Å²) in [5.74, 6) is 4.02. The van der Waals surface area contributed by atoms with Crippen molar-refractivity contribution in [1.29, 1.82) is 0 Å². The van der Waals surface area contributed by atoms with E-state index < -0.39 is 14.9 Å². The lowest BCUT2D eigenvalue weighted by molar-refractivity contribution is 0.407. The molecular formula is C39H48Cl2N14O6S. The molecule has 6 aromatic rings. The summed E-state index contributed by atoms with van der Waals surface area (Å²) in [4.78, 5) is 16.9. The Morgan fingerprint density at radius 3 is 1.71 bits per heavy atom. The van der Waals surface area contributed by atoms with E-state index in [-0.39, 0.29) is 40.3 Å². The van der Waals surface area contributed by atoms with Crippen LogP contribution in [-0.4, -0.2) is 68.6 Å². The average Bonchev–Trinajstić information content (AvgIpc) is 3.75. The SMILES string of the molecule is COc1cc(C(C)C)c(Oc2cnc(N)nc2N)cc1-n1ccnn1.COc1cc(C(C)C)c(Oc2cnc(N)nc2N)cc1N.Cc1ccc(S(=O)(=O)N/N=C/C(Cl)Cl)cc1. The van der Waals surface area contributed by atoms with Crippen molar-refractivity contribution >= 4 is 68.7 Å². The highest BCUT2D eigenvalue weighted by Crippen LogP contribution is 2.40. The van der Waals surface area contributed by atoms with Gasteiger partial charge < -0.3 is 47.6 Å². The van der Waals surface area contributed by atoms with Crippen LogP contribution >= 0.6 is 23.2 Å². The fraction of sp³-hybridized carbons (Fsp3) is 0.256. The van der Waals surface area contributed by atoms with Crippen LogP contribution < -0.4 is 52.4 Å². The van der Waals surface area contributed by atoms with Crippen molar-refractivity contribution in [2.45, 2.75) is 56.2 Å². The van der Waals surface area contributed by atoms with Gasteiger partial charge in [0, 0.05) is 23.3 Å². The molecule has 0 unspecified atom stereocenters. The number of aryl methyl sites for hydroxylation is 1. The molecule has 0 saturated carbocycles. The number of rotatable bonds is 13. The smallest absolute Gasteiger partial charge is 0.276 e. The van der Waals surface area contributed by atoms with E-state index in [2.05, 4.69) is 49.2 Å². The van der Waals surface area contributed by atoms with E-state index in [1.165, 1.54) is 24.5 Å². The minimum atomic E-state index is -3.64. The predicted molar refractivity (Wildman–Crippen MR) is 241 cm³/mol. The highest BCUT2D eigenvalue weighted by Gasteiger charge is 2.19. The molecule has 330 valence electrons. The molecule has 20 nitrogen and oxygen atoms in total. The largest absolute Gasteiger partial charge is 0.495 e. The molecule has 3 aromatic heterocycles. The number of ether oxygens (including phenoxy) is 4. The summed E-state index contributed by atoms with van der Waals surface area (Å²) in [5, 5.41) is 11.3. The van der Waals surface area contributed by atoms with Crippen molar-refractivity contribution in [3.8, 4) is 40.2 Å². The van der Waals surface area contributed by atoms with E-state index in [0.29, 0.717) is 45.9 Å². The molecule has 6 rings (SSSR count). The van der Waals surface area contributed by atoms with E-state index in [4.69, 9.17) is 70.8 Å². The van der Waals surface area contributed by atoms with E-state index >= 15 is 0 Å². The van der Waals surface area contributed by atoms with Gasteiger partial charge in [0.1, 0.15) is 33.5 Å². The molecule has 0 aliphatic heterocycles. The van der Waals surface area contributed by atoms with Gasteiger partial charge in [0.05, 0.1) is 55.8 Å². The first-order valence-electron chi connectivity index (χ1n) is 18.4. The van der Waals surface area contributed by atoms with Crippen molar-refractivity contribution in [3.05, 3.63) is 90.0 Å². The maximum atomic E-state index is 11.6. The van der Waals surface area contributed by atoms with Crippen LogP contribution in [0.2, 0.25) is 0 Å². The lowest BCUT2D eigenvalue weighted by atomic mass is 10.0. The molecule has 0 radical (unpaired) electrons. The molecular weight excluding hydrogens is 863 g/mol. The summed E-state index contributed by atoms with van der Waals surface area (Å²) in [6, 6.07) is 13.7. The number of methoxy groups -OCH3 is 2. The number of nitrogens with two attached hydrogens (primary N) is 5. The van der Waals surface area contributed by atoms with Gasteiger partial charge >= 0.3 is 0 Å². The number of benzene rings is 3. The number of halogens is 2. The van der Waals surface area contributed by atoms with Gasteiger partial charge in [-0.05, 0) is 43.0 Å². The minimum Gasteiger partial charge on any atom is -0.495 e. The number of nitrogen functional groups attached to an aromatic ring is 5. The molecule has 0 atom stereocenters. The van der Waals surface area contributed by atoms with Gasteiger partial charge in [-0.3, -0.25) is 0 Å². The quantitative estimate of drug-likeness (QED) is 0.0318. The number of anilines is 5. The first kappa shape index (κ1) is 47.8. The molecule has 0 fully saturated rings. The highest BCUT2D eigenvalue weighted by molar-refractivity contribution is 7.89. The monoisotopic (exact) mass is 910 g/mol. The lowest BCUT2D eigenvalue weighted by Crippen LogP contribution is -2.18. The first-order chi connectivity index (χ1) is 29.3. The molecule has 0 amide bonds. The number of nitrogens with zero attached hydrogens (tertiary/aromatic N) is 8. The van der Waals surface area contributed by atoms with Crippen LogP contribution in [-0.2, 0) is 10.0 Å². The lowest BCUT2D eigenvalue weighted by Gasteiger charge is -2.18. The van der Waals surface area contributed by atoms with E-state index in [1.54, 1.807) is 49.5 Å². The van der Waals surface area contributed by atoms with Crippen LogP contribution in [0, 0.1) is 6.92 Å². The summed E-state index contributed by atoms with van der Waals surface area (Å²) < 4.78 is 47.3. The number of aromatic nitrogens is 7. The molecule has 0 saturated heterocycles. The van der Waals surface area contributed by atoms with E-state index in [9.17, 15) is 8.42 Å². The van der Waals surface area contributed by atoms with Crippen molar-refractivity contribution in [1.82, 2.24) is 39.8 Å². The number of sulfonamides is 1. The van der Waals surface area contributed by atoms with Crippen LogP contribution in [0.1, 0.15) is 56.2 Å². The van der Waals surface area contributed by atoms with Gasteiger partial charge in [-0.1, -0.05) is 73.8 Å². The van der Waals surface area contributed by atoms with E-state index in [1.807, 2.05) is 43.8 Å². The highest BCUT2D eigenvalue weighted by atomic mass is 35.5. The Balaban J connectivity index is 0.000000210. The number of nitrogens with one attached hydrogen (secondary N) is 1. The Bertz CT molecular complexity index is 2560. The fourth-order valence-electron chi connectivity index (χ4n) is 5.21. The Hall–Kier alpha value is -6.84.